The molecule has 1 saturated heterocycles. The average Bonchev–Trinajstić information content (AvgIpc) is 2.71. The highest BCUT2D eigenvalue weighted by Crippen LogP contribution is 2.34. The molecular formula is C11H14F3N4O. The third-order valence-corrected chi connectivity index (χ3v) is 3.20. The van der Waals surface area contributed by atoms with Crippen LogP contribution in [-0.4, -0.2) is 35.0 Å². The van der Waals surface area contributed by atoms with Crippen molar-refractivity contribution in [2.75, 3.05) is 18.0 Å². The number of carbonyl (C=O) groups is 1. The zero-order valence-corrected chi connectivity index (χ0v) is 10.4. The number of nitrogens with two attached hydrogens (primary N) is 1. The number of piperidine rings is 1. The summed E-state index contributed by atoms with van der Waals surface area (Å²) in [5.41, 5.74) is 5.01. The second kappa shape index (κ2) is 4.75. The standard InChI is InChI=1S/C11H14F3N4O/c1-17-9(5-8(16-17)10(15)19)18-4-2-3-7(6-18)11(12,13)14/h7H,2-4,6H2,1H3,(H2,15,19). The molecule has 1 fully saturated rings. The number of nitrogens with zero attached hydrogens (tertiary/aromatic N) is 3. The minimum Gasteiger partial charge on any atom is -0.364 e. The van der Waals surface area contributed by atoms with Crippen molar-refractivity contribution in [3.8, 4) is 0 Å². The first kappa shape index (κ1) is 13.7. The van der Waals surface area contributed by atoms with Crippen molar-refractivity contribution in [1.29, 1.82) is 0 Å². The van der Waals surface area contributed by atoms with Crippen molar-refractivity contribution in [3.05, 3.63) is 11.8 Å². The van der Waals surface area contributed by atoms with E-state index in [1.165, 1.54) is 4.68 Å². The lowest BCUT2D eigenvalue weighted by atomic mass is 9.97. The van der Waals surface area contributed by atoms with E-state index in [0.717, 1.165) is 0 Å². The molecule has 1 aliphatic heterocycles. The lowest BCUT2D eigenvalue weighted by Gasteiger charge is -2.34. The molecule has 1 unspecified atom stereocenters. The summed E-state index contributed by atoms with van der Waals surface area (Å²) in [5, 5.41) is 3.84. The largest absolute Gasteiger partial charge is 0.393 e. The van der Waals surface area contributed by atoms with Crippen molar-refractivity contribution in [2.45, 2.75) is 19.0 Å². The smallest absolute Gasteiger partial charge is 0.364 e. The first-order chi connectivity index (χ1) is 8.79. The van der Waals surface area contributed by atoms with Gasteiger partial charge in [0.2, 0.25) is 0 Å². The fourth-order valence-corrected chi connectivity index (χ4v) is 2.24. The Bertz CT molecular complexity index is 483. The predicted molar refractivity (Wildman–Crippen MR) is 61.6 cm³/mol. The zero-order valence-electron chi connectivity index (χ0n) is 10.4. The van der Waals surface area contributed by atoms with Crippen LogP contribution in [0.2, 0.25) is 0 Å². The molecule has 2 N–H and O–H groups in total. The molecular weight excluding hydrogens is 261 g/mol. The molecule has 1 aliphatic rings. The van der Waals surface area contributed by atoms with Crippen molar-refractivity contribution >= 4 is 11.7 Å². The summed E-state index contributed by atoms with van der Waals surface area (Å²) in [6.45, 7) is 0.346. The van der Waals surface area contributed by atoms with Crippen molar-refractivity contribution < 1.29 is 18.0 Å². The fourth-order valence-electron chi connectivity index (χ4n) is 2.24. The summed E-state index contributed by atoms with van der Waals surface area (Å²) >= 11 is 0. The maximum absolute atomic E-state index is 12.7. The van der Waals surface area contributed by atoms with Crippen LogP contribution in [0.5, 0.6) is 0 Å². The Morgan fingerprint density at radius 2 is 2.21 bits per heavy atom. The van der Waals surface area contributed by atoms with E-state index in [4.69, 9.17) is 5.73 Å². The maximum atomic E-state index is 12.7. The molecule has 1 atom stereocenters. The van der Waals surface area contributed by atoms with E-state index in [1.807, 2.05) is 0 Å². The minimum absolute atomic E-state index is 0.0633. The van der Waals surface area contributed by atoms with Gasteiger partial charge in [0.1, 0.15) is 5.82 Å². The van der Waals surface area contributed by atoms with Gasteiger partial charge in [-0.1, -0.05) is 0 Å². The average molecular weight is 275 g/mol. The Balaban J connectivity index is 2.20. The van der Waals surface area contributed by atoms with Gasteiger partial charge in [0.05, 0.1) is 12.0 Å². The summed E-state index contributed by atoms with van der Waals surface area (Å²) < 4.78 is 39.5. The van der Waals surface area contributed by atoms with Crippen LogP contribution >= 0.6 is 0 Å². The van der Waals surface area contributed by atoms with E-state index in [9.17, 15) is 18.0 Å². The van der Waals surface area contributed by atoms with Crippen molar-refractivity contribution in [3.63, 3.8) is 0 Å². The van der Waals surface area contributed by atoms with Crippen molar-refractivity contribution in [2.24, 2.45) is 18.7 Å². The highest BCUT2D eigenvalue weighted by atomic mass is 19.4. The number of aromatic nitrogens is 2. The van der Waals surface area contributed by atoms with Gasteiger partial charge in [0.25, 0.3) is 5.91 Å². The Morgan fingerprint density at radius 1 is 1.53 bits per heavy atom. The number of aryl methyl sites for hydroxylation is 1. The lowest BCUT2D eigenvalue weighted by Crippen LogP contribution is -2.42. The summed E-state index contributed by atoms with van der Waals surface area (Å²) in [6, 6.07) is 2.66. The molecule has 0 aliphatic carbocycles. The number of hydrogen-bond donors (Lipinski definition) is 1. The van der Waals surface area contributed by atoms with Crippen LogP contribution in [-0.2, 0) is 7.05 Å². The van der Waals surface area contributed by atoms with Crippen LogP contribution in [0.15, 0.2) is 0 Å². The summed E-state index contributed by atoms with van der Waals surface area (Å²) in [5.74, 6) is -1.74. The van der Waals surface area contributed by atoms with Gasteiger partial charge in [-0.3, -0.25) is 9.48 Å². The topological polar surface area (TPSA) is 64.2 Å². The first-order valence-corrected chi connectivity index (χ1v) is 5.87. The van der Waals surface area contributed by atoms with Crippen LogP contribution in [0, 0.1) is 12.0 Å². The van der Waals surface area contributed by atoms with Crippen molar-refractivity contribution in [1.82, 2.24) is 9.78 Å². The van der Waals surface area contributed by atoms with E-state index < -0.39 is 18.0 Å². The van der Waals surface area contributed by atoms with E-state index in [0.29, 0.717) is 18.8 Å². The number of carbonyl (C=O) groups excluding carboxylic acids is 1. The molecule has 1 amide bonds. The number of amides is 1. The van der Waals surface area contributed by atoms with Gasteiger partial charge >= 0.3 is 6.18 Å². The summed E-state index contributed by atoms with van der Waals surface area (Å²) in [6.07, 6.45) is -3.64. The molecule has 0 aromatic carbocycles. The molecule has 0 spiro atoms. The van der Waals surface area contributed by atoms with Crippen LogP contribution in [0.1, 0.15) is 23.3 Å². The van der Waals surface area contributed by atoms with Crippen LogP contribution in [0.4, 0.5) is 19.0 Å². The normalized spacial score (nSPS) is 20.6. The van der Waals surface area contributed by atoms with Gasteiger partial charge in [-0.15, -0.1) is 0 Å². The number of alkyl halides is 3. The summed E-state index contributed by atoms with van der Waals surface area (Å²) in [4.78, 5) is 12.5. The van der Waals surface area contributed by atoms with Crippen LogP contribution in [0.3, 0.4) is 0 Å². The highest BCUT2D eigenvalue weighted by molar-refractivity contribution is 5.91. The van der Waals surface area contributed by atoms with Gasteiger partial charge in [-0.2, -0.15) is 18.3 Å². The third-order valence-electron chi connectivity index (χ3n) is 3.20. The molecule has 2 heterocycles. The maximum Gasteiger partial charge on any atom is 0.393 e. The molecule has 8 heteroatoms. The first-order valence-electron chi connectivity index (χ1n) is 5.87. The zero-order chi connectivity index (χ0) is 14.2. The Labute approximate surface area is 108 Å². The number of hydrogen-bond acceptors (Lipinski definition) is 3. The van der Waals surface area contributed by atoms with E-state index in [2.05, 4.69) is 11.2 Å². The lowest BCUT2D eigenvalue weighted by molar-refractivity contribution is -0.176. The van der Waals surface area contributed by atoms with Gasteiger partial charge in [-0.05, 0) is 12.8 Å². The van der Waals surface area contributed by atoms with E-state index >= 15 is 0 Å². The number of primary amides is 1. The molecule has 5 nitrogen and oxygen atoms in total. The number of anilines is 1. The molecule has 1 radical (unpaired) electrons. The Morgan fingerprint density at radius 3 is 2.74 bits per heavy atom. The third kappa shape index (κ3) is 2.82. The number of rotatable bonds is 2. The van der Waals surface area contributed by atoms with Gasteiger partial charge < -0.3 is 10.6 Å². The Hall–Kier alpha value is -1.73. The molecule has 105 valence electrons. The fraction of sp³-hybridized carbons (Fsp3) is 0.636. The quantitative estimate of drug-likeness (QED) is 0.879. The van der Waals surface area contributed by atoms with Gasteiger partial charge in [-0.25, -0.2) is 0 Å². The summed E-state index contributed by atoms with van der Waals surface area (Å²) in [7, 11) is 1.55. The molecule has 2 rings (SSSR count). The molecule has 0 bridgehead atoms. The van der Waals surface area contributed by atoms with Gasteiger partial charge in [0.15, 0.2) is 5.69 Å². The SMILES string of the molecule is Cn1nc(C(N)=O)[c]c1N1CCCC(C(F)(F)F)C1. The molecule has 0 saturated carbocycles. The molecule has 1 aromatic rings. The second-order valence-corrected chi connectivity index (χ2v) is 4.61. The minimum atomic E-state index is -4.20. The van der Waals surface area contributed by atoms with E-state index in [-0.39, 0.29) is 18.7 Å². The highest BCUT2D eigenvalue weighted by Gasteiger charge is 2.42. The second-order valence-electron chi connectivity index (χ2n) is 4.61. The Kier molecular flexibility index (Phi) is 3.42. The van der Waals surface area contributed by atoms with Crippen LogP contribution in [0.25, 0.3) is 0 Å². The van der Waals surface area contributed by atoms with Crippen LogP contribution < -0.4 is 10.6 Å². The monoisotopic (exact) mass is 275 g/mol. The van der Waals surface area contributed by atoms with Gasteiger partial charge in [0, 0.05) is 20.1 Å². The number of halogens is 3. The van der Waals surface area contributed by atoms with E-state index in [1.54, 1.807) is 11.9 Å². The molecule has 1 aromatic heterocycles. The molecule has 19 heavy (non-hydrogen) atoms. The predicted octanol–water partition coefficient (Wildman–Crippen LogP) is 1.10.